The quantitative estimate of drug-likeness (QED) is 0.785. The van der Waals surface area contributed by atoms with Crippen molar-refractivity contribution in [3.05, 3.63) is 23.4 Å². The molecule has 0 saturated carbocycles. The fraction of sp³-hybridized carbons (Fsp3) is 0.500. The number of nitriles is 1. The van der Waals surface area contributed by atoms with Crippen LogP contribution < -0.4 is 10.6 Å². The van der Waals surface area contributed by atoms with Crippen molar-refractivity contribution in [2.45, 2.75) is 25.8 Å². The number of aromatic nitrogens is 1. The molecule has 84 valence electrons. The molecule has 1 aliphatic heterocycles. The van der Waals surface area contributed by atoms with E-state index in [1.165, 1.54) is 0 Å². The maximum atomic E-state index is 8.89. The number of pyridine rings is 1. The predicted octanol–water partition coefficient (Wildman–Crippen LogP) is 1.43. The van der Waals surface area contributed by atoms with Gasteiger partial charge in [0.05, 0.1) is 11.6 Å². The Morgan fingerprint density at radius 1 is 1.56 bits per heavy atom. The molecule has 1 saturated heterocycles. The predicted molar refractivity (Wildman–Crippen MR) is 63.2 cm³/mol. The molecule has 1 aliphatic rings. The van der Waals surface area contributed by atoms with E-state index in [0.717, 1.165) is 31.0 Å². The Bertz CT molecular complexity index is 427. The maximum absolute atomic E-state index is 8.89. The van der Waals surface area contributed by atoms with E-state index in [1.54, 1.807) is 12.1 Å². The molecule has 0 aromatic carbocycles. The van der Waals surface area contributed by atoms with E-state index in [4.69, 9.17) is 5.26 Å². The van der Waals surface area contributed by atoms with Crippen LogP contribution in [0.5, 0.6) is 0 Å². The van der Waals surface area contributed by atoms with Crippen LogP contribution in [-0.4, -0.2) is 23.6 Å². The second-order valence-electron chi connectivity index (χ2n) is 4.61. The Hall–Kier alpha value is -1.60. The van der Waals surface area contributed by atoms with Crippen molar-refractivity contribution < 1.29 is 0 Å². The zero-order valence-electron chi connectivity index (χ0n) is 9.67. The second-order valence-corrected chi connectivity index (χ2v) is 4.61. The first-order valence-electron chi connectivity index (χ1n) is 5.49. The molecular formula is C12H16N4. The lowest BCUT2D eigenvalue weighted by molar-refractivity contribution is 0.564. The van der Waals surface area contributed by atoms with E-state index < -0.39 is 0 Å². The highest BCUT2D eigenvalue weighted by Crippen LogP contribution is 2.20. The number of rotatable bonds is 2. The highest BCUT2D eigenvalue weighted by atomic mass is 15.1. The molecule has 0 spiro atoms. The van der Waals surface area contributed by atoms with Gasteiger partial charge < -0.3 is 10.6 Å². The largest absolute Gasteiger partial charge is 0.364 e. The summed E-state index contributed by atoms with van der Waals surface area (Å²) in [6.07, 6.45) is 1.07. The van der Waals surface area contributed by atoms with E-state index in [9.17, 15) is 0 Å². The summed E-state index contributed by atoms with van der Waals surface area (Å²) in [5.41, 5.74) is 1.58. The van der Waals surface area contributed by atoms with Crippen molar-refractivity contribution in [2.24, 2.45) is 0 Å². The highest BCUT2D eigenvalue weighted by Gasteiger charge is 2.28. The van der Waals surface area contributed by atoms with Crippen LogP contribution in [0.25, 0.3) is 0 Å². The van der Waals surface area contributed by atoms with Gasteiger partial charge in [-0.05, 0) is 38.9 Å². The molecule has 0 amide bonds. The van der Waals surface area contributed by atoms with E-state index in [1.807, 2.05) is 6.92 Å². The first kappa shape index (κ1) is 10.9. The molecule has 4 heteroatoms. The molecule has 0 aliphatic carbocycles. The minimum Gasteiger partial charge on any atom is -0.364 e. The summed E-state index contributed by atoms with van der Waals surface area (Å²) in [4.78, 5) is 4.40. The number of nitrogens with zero attached hydrogens (tertiary/aromatic N) is 2. The summed E-state index contributed by atoms with van der Waals surface area (Å²) in [6, 6.07) is 5.74. The normalized spacial score (nSPS) is 24.1. The number of aryl methyl sites for hydroxylation is 1. The maximum Gasteiger partial charge on any atom is 0.127 e. The van der Waals surface area contributed by atoms with Gasteiger partial charge in [-0.1, -0.05) is 0 Å². The van der Waals surface area contributed by atoms with Gasteiger partial charge in [0.15, 0.2) is 0 Å². The fourth-order valence-corrected chi connectivity index (χ4v) is 2.03. The Kier molecular flexibility index (Phi) is 2.80. The van der Waals surface area contributed by atoms with Gasteiger partial charge in [0, 0.05) is 17.8 Å². The number of hydrogen-bond donors (Lipinski definition) is 2. The third-order valence-electron chi connectivity index (χ3n) is 2.88. The standard InChI is InChI=1S/C12H16N4/c1-9-5-10(7-13)6-11(15-9)16-12(2)3-4-14-8-12/h5-6,14H,3-4,8H2,1-2H3,(H,15,16). The molecule has 2 N–H and O–H groups in total. The van der Waals surface area contributed by atoms with Crippen LogP contribution in [-0.2, 0) is 0 Å². The topological polar surface area (TPSA) is 60.7 Å². The van der Waals surface area contributed by atoms with Crippen molar-refractivity contribution in [3.63, 3.8) is 0 Å². The van der Waals surface area contributed by atoms with E-state index in [0.29, 0.717) is 5.56 Å². The third-order valence-corrected chi connectivity index (χ3v) is 2.88. The van der Waals surface area contributed by atoms with Crippen LogP contribution in [0.4, 0.5) is 5.82 Å². The van der Waals surface area contributed by atoms with Gasteiger partial charge in [-0.25, -0.2) is 4.98 Å². The molecule has 4 nitrogen and oxygen atoms in total. The smallest absolute Gasteiger partial charge is 0.127 e. The van der Waals surface area contributed by atoms with Gasteiger partial charge in [0.1, 0.15) is 5.82 Å². The van der Waals surface area contributed by atoms with Gasteiger partial charge in [0.25, 0.3) is 0 Å². The van der Waals surface area contributed by atoms with Crippen LogP contribution in [0.15, 0.2) is 12.1 Å². The molecule has 1 aromatic heterocycles. The number of nitrogens with one attached hydrogen (secondary N) is 2. The molecule has 1 unspecified atom stereocenters. The molecule has 1 fully saturated rings. The molecule has 1 atom stereocenters. The third kappa shape index (κ3) is 2.31. The average molecular weight is 216 g/mol. The average Bonchev–Trinajstić information content (AvgIpc) is 2.63. The van der Waals surface area contributed by atoms with Crippen LogP contribution in [0.2, 0.25) is 0 Å². The van der Waals surface area contributed by atoms with Gasteiger partial charge >= 0.3 is 0 Å². The Morgan fingerprint density at radius 3 is 3.00 bits per heavy atom. The summed E-state index contributed by atoms with van der Waals surface area (Å²) >= 11 is 0. The van der Waals surface area contributed by atoms with E-state index in [-0.39, 0.29) is 5.54 Å². The minimum atomic E-state index is 0.0491. The number of hydrogen-bond acceptors (Lipinski definition) is 4. The molecule has 1 aromatic rings. The van der Waals surface area contributed by atoms with Gasteiger partial charge in [-0.3, -0.25) is 0 Å². The molecule has 16 heavy (non-hydrogen) atoms. The van der Waals surface area contributed by atoms with Crippen molar-refractivity contribution in [3.8, 4) is 6.07 Å². The molecule has 0 bridgehead atoms. The summed E-state index contributed by atoms with van der Waals surface area (Å²) in [5.74, 6) is 0.794. The first-order chi connectivity index (χ1) is 7.61. The lowest BCUT2D eigenvalue weighted by Gasteiger charge is -2.25. The van der Waals surface area contributed by atoms with E-state index in [2.05, 4.69) is 28.6 Å². The van der Waals surface area contributed by atoms with Gasteiger partial charge in [-0.2, -0.15) is 5.26 Å². The van der Waals surface area contributed by atoms with Crippen molar-refractivity contribution in [1.82, 2.24) is 10.3 Å². The SMILES string of the molecule is Cc1cc(C#N)cc(NC2(C)CCNC2)n1. The summed E-state index contributed by atoms with van der Waals surface area (Å²) in [5, 5.41) is 15.6. The lowest BCUT2D eigenvalue weighted by atomic mass is 10.0. The van der Waals surface area contributed by atoms with Crippen LogP contribution >= 0.6 is 0 Å². The molecule has 2 rings (SSSR count). The van der Waals surface area contributed by atoms with Crippen molar-refractivity contribution >= 4 is 5.82 Å². The van der Waals surface area contributed by atoms with Crippen molar-refractivity contribution in [2.75, 3.05) is 18.4 Å². The first-order valence-corrected chi connectivity index (χ1v) is 5.49. The van der Waals surface area contributed by atoms with Crippen LogP contribution in [0.1, 0.15) is 24.6 Å². The molecule has 0 radical (unpaired) electrons. The zero-order chi connectivity index (χ0) is 11.6. The molecule has 2 heterocycles. The van der Waals surface area contributed by atoms with Gasteiger partial charge in [0.2, 0.25) is 0 Å². The molecular weight excluding hydrogens is 200 g/mol. The summed E-state index contributed by atoms with van der Waals surface area (Å²) in [6.45, 7) is 6.04. The fourth-order valence-electron chi connectivity index (χ4n) is 2.03. The van der Waals surface area contributed by atoms with Crippen molar-refractivity contribution in [1.29, 1.82) is 5.26 Å². The Labute approximate surface area is 95.7 Å². The summed E-state index contributed by atoms with van der Waals surface area (Å²) < 4.78 is 0. The van der Waals surface area contributed by atoms with Crippen LogP contribution in [0.3, 0.4) is 0 Å². The van der Waals surface area contributed by atoms with Crippen LogP contribution in [0, 0.1) is 18.3 Å². The van der Waals surface area contributed by atoms with Gasteiger partial charge in [-0.15, -0.1) is 0 Å². The lowest BCUT2D eigenvalue weighted by Crippen LogP contribution is -2.37. The monoisotopic (exact) mass is 216 g/mol. The highest BCUT2D eigenvalue weighted by molar-refractivity contribution is 5.46. The summed E-state index contributed by atoms with van der Waals surface area (Å²) in [7, 11) is 0. The van der Waals surface area contributed by atoms with E-state index >= 15 is 0 Å². The zero-order valence-corrected chi connectivity index (χ0v) is 9.67. The Balaban J connectivity index is 2.21. The minimum absolute atomic E-state index is 0.0491. The Morgan fingerprint density at radius 2 is 2.38 bits per heavy atom. The second kappa shape index (κ2) is 4.11. The number of anilines is 1.